The molecule has 116 valence electrons. The molecule has 1 N–H and O–H groups in total. The number of piperazine rings is 1. The van der Waals surface area contributed by atoms with Crippen LogP contribution in [0.3, 0.4) is 0 Å². The molecule has 0 aromatic heterocycles. The minimum absolute atomic E-state index is 0.0344. The maximum atomic E-state index is 12.9. The fourth-order valence-corrected chi connectivity index (χ4v) is 3.39. The van der Waals surface area contributed by atoms with Crippen LogP contribution in [-0.2, 0) is 4.79 Å². The highest BCUT2D eigenvalue weighted by atomic mass is 32.2. The highest BCUT2D eigenvalue weighted by Gasteiger charge is 2.30. The van der Waals surface area contributed by atoms with Crippen LogP contribution in [0.1, 0.15) is 20.8 Å². The maximum absolute atomic E-state index is 12.9. The molecule has 1 aromatic rings. The smallest absolute Gasteiger partial charge is 0.226 e. The second kappa shape index (κ2) is 7.27. The molecule has 1 saturated heterocycles. The molecule has 3 unspecified atom stereocenters. The van der Waals surface area contributed by atoms with Gasteiger partial charge in [0.1, 0.15) is 5.82 Å². The van der Waals surface area contributed by atoms with Crippen LogP contribution in [0.5, 0.6) is 0 Å². The monoisotopic (exact) mass is 310 g/mol. The van der Waals surface area contributed by atoms with Crippen molar-refractivity contribution in [2.24, 2.45) is 5.92 Å². The zero-order chi connectivity index (χ0) is 15.4. The van der Waals surface area contributed by atoms with Gasteiger partial charge in [-0.25, -0.2) is 4.39 Å². The van der Waals surface area contributed by atoms with Crippen molar-refractivity contribution in [1.29, 1.82) is 0 Å². The van der Waals surface area contributed by atoms with Crippen LogP contribution in [0, 0.1) is 11.7 Å². The van der Waals surface area contributed by atoms with Gasteiger partial charge in [0.15, 0.2) is 0 Å². The Kier molecular flexibility index (Phi) is 5.65. The summed E-state index contributed by atoms with van der Waals surface area (Å²) in [6.45, 7) is 7.81. The number of hydrogen-bond donors (Lipinski definition) is 1. The number of carbonyl (C=O) groups excluding carboxylic acids is 1. The molecular weight excluding hydrogens is 287 g/mol. The molecule has 3 atom stereocenters. The maximum Gasteiger partial charge on any atom is 0.226 e. The second-order valence-electron chi connectivity index (χ2n) is 5.68. The van der Waals surface area contributed by atoms with E-state index in [1.165, 1.54) is 12.1 Å². The summed E-state index contributed by atoms with van der Waals surface area (Å²) in [7, 11) is 0. The lowest BCUT2D eigenvalue weighted by molar-refractivity contribution is -0.138. The first-order valence-corrected chi connectivity index (χ1v) is 8.40. The van der Waals surface area contributed by atoms with Crippen molar-refractivity contribution in [3.05, 3.63) is 30.1 Å². The standard InChI is InChI=1S/C16H23FN2OS/c1-11(10-21-15-6-4-14(17)5-7-15)16(20)19-9-8-18-12(2)13(19)3/h4-7,11-13,18H,8-10H2,1-3H3. The van der Waals surface area contributed by atoms with E-state index in [9.17, 15) is 9.18 Å². The first kappa shape index (κ1) is 16.3. The molecule has 0 aliphatic carbocycles. The number of halogens is 1. The van der Waals surface area contributed by atoms with Gasteiger partial charge in [0, 0.05) is 41.7 Å². The van der Waals surface area contributed by atoms with Gasteiger partial charge >= 0.3 is 0 Å². The van der Waals surface area contributed by atoms with Gasteiger partial charge in [-0.1, -0.05) is 6.92 Å². The summed E-state index contributed by atoms with van der Waals surface area (Å²) >= 11 is 1.60. The van der Waals surface area contributed by atoms with Crippen LogP contribution in [0.2, 0.25) is 0 Å². The van der Waals surface area contributed by atoms with Crippen LogP contribution in [0.15, 0.2) is 29.2 Å². The Labute approximate surface area is 130 Å². The molecule has 1 heterocycles. The Morgan fingerprint density at radius 2 is 2.10 bits per heavy atom. The molecule has 1 amide bonds. The summed E-state index contributed by atoms with van der Waals surface area (Å²) in [6, 6.07) is 6.98. The third-order valence-electron chi connectivity index (χ3n) is 4.05. The van der Waals surface area contributed by atoms with Crippen molar-refractivity contribution in [2.45, 2.75) is 37.8 Å². The van der Waals surface area contributed by atoms with Crippen LogP contribution < -0.4 is 5.32 Å². The van der Waals surface area contributed by atoms with Crippen molar-refractivity contribution in [3.8, 4) is 0 Å². The Morgan fingerprint density at radius 1 is 1.43 bits per heavy atom. The number of amides is 1. The highest BCUT2D eigenvalue weighted by Crippen LogP contribution is 2.23. The van der Waals surface area contributed by atoms with Crippen molar-refractivity contribution in [1.82, 2.24) is 10.2 Å². The number of nitrogens with zero attached hydrogens (tertiary/aromatic N) is 1. The van der Waals surface area contributed by atoms with E-state index in [4.69, 9.17) is 0 Å². The summed E-state index contributed by atoms with van der Waals surface area (Å²) in [5.74, 6) is 0.667. The lowest BCUT2D eigenvalue weighted by Gasteiger charge is -2.39. The third kappa shape index (κ3) is 4.20. The molecule has 0 bridgehead atoms. The second-order valence-corrected chi connectivity index (χ2v) is 6.77. The van der Waals surface area contributed by atoms with Gasteiger partial charge in [0.25, 0.3) is 0 Å². The van der Waals surface area contributed by atoms with Gasteiger partial charge in [0.2, 0.25) is 5.91 Å². The first-order valence-electron chi connectivity index (χ1n) is 7.41. The number of hydrogen-bond acceptors (Lipinski definition) is 3. The normalized spacial score (nSPS) is 23.9. The number of nitrogens with one attached hydrogen (secondary N) is 1. The highest BCUT2D eigenvalue weighted by molar-refractivity contribution is 7.99. The molecule has 3 nitrogen and oxygen atoms in total. The molecule has 5 heteroatoms. The van der Waals surface area contributed by atoms with E-state index in [2.05, 4.69) is 19.2 Å². The van der Waals surface area contributed by atoms with E-state index in [-0.39, 0.29) is 23.7 Å². The summed E-state index contributed by atoms with van der Waals surface area (Å²) < 4.78 is 12.9. The molecule has 1 aliphatic rings. The summed E-state index contributed by atoms with van der Waals surface area (Å²) in [6.07, 6.45) is 0. The van der Waals surface area contributed by atoms with E-state index in [0.29, 0.717) is 6.04 Å². The molecule has 21 heavy (non-hydrogen) atoms. The van der Waals surface area contributed by atoms with E-state index >= 15 is 0 Å². The van der Waals surface area contributed by atoms with Gasteiger partial charge in [-0.3, -0.25) is 4.79 Å². The van der Waals surface area contributed by atoms with Gasteiger partial charge in [-0.2, -0.15) is 0 Å². The molecular formula is C16H23FN2OS. The average molecular weight is 310 g/mol. The van der Waals surface area contributed by atoms with E-state index < -0.39 is 0 Å². The quantitative estimate of drug-likeness (QED) is 0.868. The number of rotatable bonds is 4. The Bertz CT molecular complexity index is 480. The van der Waals surface area contributed by atoms with Crippen LogP contribution in [-0.4, -0.2) is 41.7 Å². The SMILES string of the molecule is CC(CSc1ccc(F)cc1)C(=O)N1CCNC(C)C1C. The molecule has 0 saturated carbocycles. The largest absolute Gasteiger partial charge is 0.337 e. The zero-order valence-electron chi connectivity index (χ0n) is 12.8. The van der Waals surface area contributed by atoms with E-state index in [1.54, 1.807) is 23.9 Å². The lowest BCUT2D eigenvalue weighted by atomic mass is 10.0. The topological polar surface area (TPSA) is 32.3 Å². The van der Waals surface area contributed by atoms with Gasteiger partial charge in [0.05, 0.1) is 0 Å². The molecule has 0 spiro atoms. The number of benzene rings is 1. The lowest BCUT2D eigenvalue weighted by Crippen LogP contribution is -2.58. The Balaban J connectivity index is 1.88. The van der Waals surface area contributed by atoms with Crippen LogP contribution in [0.4, 0.5) is 4.39 Å². The molecule has 1 fully saturated rings. The summed E-state index contributed by atoms with van der Waals surface area (Å²) in [5.41, 5.74) is 0. The van der Waals surface area contributed by atoms with Crippen LogP contribution in [0.25, 0.3) is 0 Å². The molecule has 1 aromatic carbocycles. The fourth-order valence-electron chi connectivity index (χ4n) is 2.47. The number of carbonyl (C=O) groups is 1. The molecule has 0 radical (unpaired) electrons. The summed E-state index contributed by atoms with van der Waals surface area (Å²) in [4.78, 5) is 15.5. The van der Waals surface area contributed by atoms with Gasteiger partial charge in [-0.05, 0) is 38.1 Å². The third-order valence-corrected chi connectivity index (χ3v) is 5.32. The van der Waals surface area contributed by atoms with Crippen molar-refractivity contribution in [3.63, 3.8) is 0 Å². The van der Waals surface area contributed by atoms with Crippen molar-refractivity contribution in [2.75, 3.05) is 18.8 Å². The van der Waals surface area contributed by atoms with Crippen LogP contribution >= 0.6 is 11.8 Å². The molecule has 1 aliphatic heterocycles. The predicted molar refractivity (Wildman–Crippen MR) is 84.9 cm³/mol. The van der Waals surface area contributed by atoms with Gasteiger partial charge in [-0.15, -0.1) is 11.8 Å². The Hall–Kier alpha value is -1.07. The first-order chi connectivity index (χ1) is 9.99. The van der Waals surface area contributed by atoms with Gasteiger partial charge < -0.3 is 10.2 Å². The zero-order valence-corrected chi connectivity index (χ0v) is 13.6. The van der Waals surface area contributed by atoms with Crippen molar-refractivity contribution < 1.29 is 9.18 Å². The summed E-state index contributed by atoms with van der Waals surface area (Å²) in [5, 5.41) is 3.38. The number of thioether (sulfide) groups is 1. The average Bonchev–Trinajstić information content (AvgIpc) is 2.48. The molecule has 2 rings (SSSR count). The minimum Gasteiger partial charge on any atom is -0.337 e. The van der Waals surface area contributed by atoms with E-state index in [0.717, 1.165) is 23.7 Å². The minimum atomic E-state index is -0.230. The predicted octanol–water partition coefficient (Wildman–Crippen LogP) is 2.76. The Morgan fingerprint density at radius 3 is 2.76 bits per heavy atom. The van der Waals surface area contributed by atoms with E-state index in [1.807, 2.05) is 11.8 Å². The fraction of sp³-hybridized carbons (Fsp3) is 0.562. The van der Waals surface area contributed by atoms with Crippen molar-refractivity contribution >= 4 is 17.7 Å².